The number of amides is 1. The summed E-state index contributed by atoms with van der Waals surface area (Å²) < 4.78 is 11.6. The molecule has 0 spiro atoms. The van der Waals surface area contributed by atoms with Gasteiger partial charge in [0, 0.05) is 10.9 Å². The topological polar surface area (TPSA) is 72.5 Å². The van der Waals surface area contributed by atoms with E-state index in [-0.39, 0.29) is 17.6 Å². The number of benzene rings is 2. The molecule has 0 atom stereocenters. The van der Waals surface area contributed by atoms with Gasteiger partial charge in [-0.15, -0.1) is 11.3 Å². The van der Waals surface area contributed by atoms with Crippen LogP contribution in [0, 0.1) is 6.92 Å². The molecule has 2 aromatic carbocycles. The molecular formula is C20H18BrN3O3S2. The molecule has 150 valence electrons. The Balaban J connectivity index is 1.54. The van der Waals surface area contributed by atoms with Crippen LogP contribution in [0.3, 0.4) is 0 Å². The Kier molecular flexibility index (Phi) is 7.18. The van der Waals surface area contributed by atoms with E-state index in [9.17, 15) is 4.79 Å². The van der Waals surface area contributed by atoms with E-state index in [0.29, 0.717) is 10.9 Å². The summed E-state index contributed by atoms with van der Waals surface area (Å²) in [5.41, 5.74) is 2.68. The second-order valence-corrected chi connectivity index (χ2v) is 8.06. The van der Waals surface area contributed by atoms with Crippen molar-refractivity contribution in [3.63, 3.8) is 0 Å². The van der Waals surface area contributed by atoms with E-state index in [2.05, 4.69) is 31.5 Å². The second-order valence-electron chi connectivity index (χ2n) is 5.94. The van der Waals surface area contributed by atoms with E-state index in [4.69, 9.17) is 21.7 Å². The van der Waals surface area contributed by atoms with Gasteiger partial charge < -0.3 is 14.8 Å². The zero-order valence-electron chi connectivity index (χ0n) is 15.7. The van der Waals surface area contributed by atoms with E-state index < -0.39 is 0 Å². The van der Waals surface area contributed by atoms with Crippen molar-refractivity contribution in [1.29, 1.82) is 0 Å². The van der Waals surface area contributed by atoms with Crippen LogP contribution in [0.5, 0.6) is 11.5 Å². The summed E-state index contributed by atoms with van der Waals surface area (Å²) in [5.74, 6) is 1.07. The summed E-state index contributed by atoms with van der Waals surface area (Å²) in [6.07, 6.45) is 0. The monoisotopic (exact) mass is 491 g/mol. The number of para-hydroxylation sites is 1. The molecule has 6 nitrogen and oxygen atoms in total. The fourth-order valence-corrected chi connectivity index (χ4v) is 3.98. The normalized spacial score (nSPS) is 10.3. The van der Waals surface area contributed by atoms with Crippen molar-refractivity contribution < 1.29 is 14.3 Å². The Bertz CT molecular complexity index is 1040. The summed E-state index contributed by atoms with van der Waals surface area (Å²) in [5, 5.41) is 8.17. The molecule has 0 aliphatic carbocycles. The van der Waals surface area contributed by atoms with Crippen molar-refractivity contribution >= 4 is 55.6 Å². The molecule has 1 aromatic heterocycles. The highest BCUT2D eigenvalue weighted by atomic mass is 79.9. The molecule has 0 aliphatic heterocycles. The van der Waals surface area contributed by atoms with Gasteiger partial charge in [0.25, 0.3) is 5.91 Å². The largest absolute Gasteiger partial charge is 0.496 e. The fourth-order valence-electron chi connectivity index (χ4n) is 2.44. The van der Waals surface area contributed by atoms with Gasteiger partial charge in [0.05, 0.1) is 17.3 Å². The van der Waals surface area contributed by atoms with Gasteiger partial charge >= 0.3 is 0 Å². The minimum Gasteiger partial charge on any atom is -0.496 e. The maximum atomic E-state index is 12.1. The molecule has 1 heterocycles. The lowest BCUT2D eigenvalue weighted by atomic mass is 10.2. The number of anilines is 1. The molecular weight excluding hydrogens is 474 g/mol. The number of hydrogen-bond acceptors (Lipinski definition) is 6. The summed E-state index contributed by atoms with van der Waals surface area (Å²) in [6.45, 7) is 1.79. The van der Waals surface area contributed by atoms with Crippen molar-refractivity contribution in [3.8, 4) is 22.8 Å². The number of carbonyl (C=O) groups is 1. The first-order valence-electron chi connectivity index (χ1n) is 8.55. The average Bonchev–Trinajstić information content (AvgIpc) is 3.15. The molecule has 0 saturated heterocycles. The summed E-state index contributed by atoms with van der Waals surface area (Å²) in [7, 11) is 1.62. The molecule has 3 aromatic rings. The molecule has 29 heavy (non-hydrogen) atoms. The molecule has 0 radical (unpaired) electrons. The van der Waals surface area contributed by atoms with E-state index >= 15 is 0 Å². The lowest BCUT2D eigenvalue weighted by molar-refractivity contribution is -0.121. The highest BCUT2D eigenvalue weighted by molar-refractivity contribution is 9.10. The van der Waals surface area contributed by atoms with Gasteiger partial charge in [-0.3, -0.25) is 10.1 Å². The number of methoxy groups -OCH3 is 1. The zero-order chi connectivity index (χ0) is 20.8. The van der Waals surface area contributed by atoms with Crippen LogP contribution in [0.2, 0.25) is 0 Å². The standard InChI is InChI=1S/C20H18BrN3O3S2/c1-12-5-3-4-6-16(12)27-10-18(25)23-19(28)24-20-22-15(11-29-20)13-7-8-17(26-2)14(21)9-13/h3-9,11H,10H2,1-2H3,(H2,22,23,24,25,28). The molecule has 0 bridgehead atoms. The molecule has 2 N–H and O–H groups in total. The molecule has 0 aliphatic rings. The fraction of sp³-hybridized carbons (Fsp3) is 0.150. The van der Waals surface area contributed by atoms with Gasteiger partial charge in [0.15, 0.2) is 16.9 Å². The predicted molar refractivity (Wildman–Crippen MR) is 123 cm³/mol. The average molecular weight is 492 g/mol. The molecule has 0 saturated carbocycles. The van der Waals surface area contributed by atoms with Crippen molar-refractivity contribution in [2.75, 3.05) is 19.0 Å². The number of nitrogens with zero attached hydrogens (tertiary/aromatic N) is 1. The number of ether oxygens (including phenoxy) is 2. The lowest BCUT2D eigenvalue weighted by Crippen LogP contribution is -2.37. The molecule has 1 amide bonds. The molecule has 0 fully saturated rings. The van der Waals surface area contributed by atoms with Gasteiger partial charge in [-0.25, -0.2) is 4.98 Å². The van der Waals surface area contributed by atoms with E-state index in [1.807, 2.05) is 54.8 Å². The number of carbonyl (C=O) groups excluding carboxylic acids is 1. The van der Waals surface area contributed by atoms with Crippen LogP contribution >= 0.6 is 39.5 Å². The zero-order valence-corrected chi connectivity index (χ0v) is 18.9. The van der Waals surface area contributed by atoms with Crippen molar-refractivity contribution in [2.45, 2.75) is 6.92 Å². The first-order chi connectivity index (χ1) is 14.0. The van der Waals surface area contributed by atoms with Crippen LogP contribution < -0.4 is 20.1 Å². The van der Waals surface area contributed by atoms with Gasteiger partial charge in [-0.05, 0) is 64.9 Å². The first-order valence-corrected chi connectivity index (χ1v) is 10.6. The smallest absolute Gasteiger partial charge is 0.264 e. The van der Waals surface area contributed by atoms with Gasteiger partial charge in [0.1, 0.15) is 11.5 Å². The number of aromatic nitrogens is 1. The number of thiocarbonyl (C=S) groups is 1. The SMILES string of the molecule is COc1ccc(-c2csc(NC(=S)NC(=O)COc3ccccc3C)n2)cc1Br. The summed E-state index contributed by atoms with van der Waals surface area (Å²) >= 11 is 10.1. The van der Waals surface area contributed by atoms with Gasteiger partial charge in [0.2, 0.25) is 0 Å². The van der Waals surface area contributed by atoms with E-state index in [1.54, 1.807) is 7.11 Å². The third kappa shape index (κ3) is 5.75. The van der Waals surface area contributed by atoms with Crippen LogP contribution in [-0.2, 0) is 4.79 Å². The van der Waals surface area contributed by atoms with Crippen LogP contribution in [0.1, 0.15) is 5.56 Å². The minimum absolute atomic E-state index is 0.129. The number of halogens is 1. The molecule has 3 rings (SSSR count). The Hall–Kier alpha value is -2.49. The van der Waals surface area contributed by atoms with Crippen LogP contribution in [-0.4, -0.2) is 29.7 Å². The lowest BCUT2D eigenvalue weighted by Gasteiger charge is -2.10. The van der Waals surface area contributed by atoms with Crippen molar-refractivity contribution in [1.82, 2.24) is 10.3 Å². The highest BCUT2D eigenvalue weighted by Crippen LogP contribution is 2.32. The first kappa shape index (κ1) is 21.2. The third-order valence-corrected chi connectivity index (χ3v) is 5.46. The Labute approximate surface area is 186 Å². The predicted octanol–water partition coefficient (Wildman–Crippen LogP) is 4.78. The maximum absolute atomic E-state index is 12.1. The second kappa shape index (κ2) is 9.82. The number of rotatable bonds is 6. The Morgan fingerprint density at radius 1 is 1.24 bits per heavy atom. The number of aryl methyl sites for hydroxylation is 1. The highest BCUT2D eigenvalue weighted by Gasteiger charge is 2.11. The summed E-state index contributed by atoms with van der Waals surface area (Å²) in [4.78, 5) is 16.6. The van der Waals surface area contributed by atoms with E-state index in [0.717, 1.165) is 27.0 Å². The van der Waals surface area contributed by atoms with Gasteiger partial charge in [-0.1, -0.05) is 18.2 Å². The third-order valence-electron chi connectivity index (χ3n) is 3.88. The number of hydrogen-bond donors (Lipinski definition) is 2. The Morgan fingerprint density at radius 3 is 2.76 bits per heavy atom. The summed E-state index contributed by atoms with van der Waals surface area (Å²) in [6, 6.07) is 13.2. The van der Waals surface area contributed by atoms with Crippen molar-refractivity contribution in [3.05, 3.63) is 57.9 Å². The van der Waals surface area contributed by atoms with Crippen molar-refractivity contribution in [2.24, 2.45) is 0 Å². The van der Waals surface area contributed by atoms with Gasteiger partial charge in [-0.2, -0.15) is 0 Å². The maximum Gasteiger partial charge on any atom is 0.264 e. The minimum atomic E-state index is -0.346. The number of thiazole rings is 1. The van der Waals surface area contributed by atoms with Crippen LogP contribution in [0.15, 0.2) is 52.3 Å². The molecule has 9 heteroatoms. The molecule has 0 unspecified atom stereocenters. The Morgan fingerprint density at radius 2 is 2.03 bits per heavy atom. The quantitative estimate of drug-likeness (QED) is 0.483. The van der Waals surface area contributed by atoms with E-state index in [1.165, 1.54) is 11.3 Å². The van der Waals surface area contributed by atoms with Crippen LogP contribution in [0.25, 0.3) is 11.3 Å². The van der Waals surface area contributed by atoms with Crippen LogP contribution in [0.4, 0.5) is 5.13 Å². The number of nitrogens with one attached hydrogen (secondary N) is 2.